The summed E-state index contributed by atoms with van der Waals surface area (Å²) in [5, 5.41) is 10.5. The molecule has 2 rings (SSSR count). The topological polar surface area (TPSA) is 82.6 Å². The van der Waals surface area contributed by atoms with Crippen LogP contribution in [-0.4, -0.2) is 17.8 Å². The predicted molar refractivity (Wildman–Crippen MR) is 61.7 cm³/mol. The van der Waals surface area contributed by atoms with Gasteiger partial charge in [-0.1, -0.05) is 0 Å². The molecule has 1 heterocycles. The first-order chi connectivity index (χ1) is 9.02. The molecule has 0 bridgehead atoms. The molecule has 0 aliphatic heterocycles. The van der Waals surface area contributed by atoms with E-state index in [0.717, 1.165) is 24.3 Å². The van der Waals surface area contributed by atoms with E-state index in [1.807, 2.05) is 0 Å². The number of halogens is 1. The van der Waals surface area contributed by atoms with Gasteiger partial charge in [0.05, 0.1) is 18.7 Å². The Hall–Kier alpha value is -2.70. The van der Waals surface area contributed by atoms with Crippen molar-refractivity contribution in [3.63, 3.8) is 0 Å². The van der Waals surface area contributed by atoms with Gasteiger partial charge in [-0.05, 0) is 24.3 Å². The van der Waals surface area contributed by atoms with Gasteiger partial charge in [0.15, 0.2) is 5.76 Å². The SMILES string of the molecule is COc1ccc(F)cc1C(=O)c1ccc([N+](=O)[O-])o1. The fourth-order valence-electron chi connectivity index (χ4n) is 1.54. The summed E-state index contributed by atoms with van der Waals surface area (Å²) < 4.78 is 22.9. The second kappa shape index (κ2) is 4.89. The van der Waals surface area contributed by atoms with Gasteiger partial charge in [-0.15, -0.1) is 0 Å². The van der Waals surface area contributed by atoms with Crippen LogP contribution in [0.15, 0.2) is 34.7 Å². The molecule has 0 saturated carbocycles. The van der Waals surface area contributed by atoms with E-state index in [-0.39, 0.29) is 17.1 Å². The van der Waals surface area contributed by atoms with Crippen LogP contribution < -0.4 is 4.74 Å². The van der Waals surface area contributed by atoms with E-state index in [9.17, 15) is 19.3 Å². The monoisotopic (exact) mass is 265 g/mol. The van der Waals surface area contributed by atoms with Crippen molar-refractivity contribution >= 4 is 11.7 Å². The third-order valence-electron chi connectivity index (χ3n) is 2.40. The largest absolute Gasteiger partial charge is 0.496 e. The maximum Gasteiger partial charge on any atom is 0.433 e. The summed E-state index contributed by atoms with van der Waals surface area (Å²) in [5.41, 5.74) is -0.0632. The van der Waals surface area contributed by atoms with Gasteiger partial charge in [0.1, 0.15) is 16.5 Å². The zero-order chi connectivity index (χ0) is 14.0. The fraction of sp³-hybridized carbons (Fsp3) is 0.0833. The molecule has 0 radical (unpaired) electrons. The third-order valence-corrected chi connectivity index (χ3v) is 2.40. The highest BCUT2D eigenvalue weighted by atomic mass is 19.1. The summed E-state index contributed by atoms with van der Waals surface area (Å²) in [6.45, 7) is 0. The molecule has 1 aromatic carbocycles. The van der Waals surface area contributed by atoms with Crippen LogP contribution in [0.4, 0.5) is 10.3 Å². The van der Waals surface area contributed by atoms with Crippen LogP contribution in [0.2, 0.25) is 0 Å². The Kier molecular flexibility index (Phi) is 3.28. The number of ketones is 1. The molecular weight excluding hydrogens is 257 g/mol. The summed E-state index contributed by atoms with van der Waals surface area (Å²) >= 11 is 0. The second-order valence-electron chi connectivity index (χ2n) is 3.57. The molecule has 1 aromatic heterocycles. The fourth-order valence-corrected chi connectivity index (χ4v) is 1.54. The Morgan fingerprint density at radius 2 is 2.11 bits per heavy atom. The van der Waals surface area contributed by atoms with Crippen LogP contribution in [-0.2, 0) is 0 Å². The minimum absolute atomic E-state index is 0.0632. The number of furan rings is 1. The van der Waals surface area contributed by atoms with Gasteiger partial charge in [-0.2, -0.15) is 0 Å². The maximum absolute atomic E-state index is 13.1. The van der Waals surface area contributed by atoms with Gasteiger partial charge in [0.25, 0.3) is 0 Å². The molecule has 19 heavy (non-hydrogen) atoms. The smallest absolute Gasteiger partial charge is 0.433 e. The molecular formula is C12H8FNO5. The molecule has 0 saturated heterocycles. The molecule has 0 spiro atoms. The number of rotatable bonds is 4. The summed E-state index contributed by atoms with van der Waals surface area (Å²) in [6, 6.07) is 5.62. The summed E-state index contributed by atoms with van der Waals surface area (Å²) in [6.07, 6.45) is 0. The molecule has 7 heteroatoms. The van der Waals surface area contributed by atoms with Gasteiger partial charge in [0.2, 0.25) is 5.78 Å². The van der Waals surface area contributed by atoms with Crippen molar-refractivity contribution < 1.29 is 23.3 Å². The quantitative estimate of drug-likeness (QED) is 0.482. The first kappa shape index (κ1) is 12.7. The van der Waals surface area contributed by atoms with E-state index in [4.69, 9.17) is 9.15 Å². The lowest BCUT2D eigenvalue weighted by molar-refractivity contribution is -0.402. The van der Waals surface area contributed by atoms with Gasteiger partial charge in [-0.25, -0.2) is 4.39 Å². The first-order valence-corrected chi connectivity index (χ1v) is 5.15. The average Bonchev–Trinajstić information content (AvgIpc) is 2.87. The minimum Gasteiger partial charge on any atom is -0.496 e. The highest BCUT2D eigenvalue weighted by Gasteiger charge is 2.21. The number of methoxy groups -OCH3 is 1. The van der Waals surface area contributed by atoms with Crippen molar-refractivity contribution in [2.45, 2.75) is 0 Å². The van der Waals surface area contributed by atoms with E-state index in [1.54, 1.807) is 0 Å². The van der Waals surface area contributed by atoms with Crippen molar-refractivity contribution in [2.75, 3.05) is 7.11 Å². The van der Waals surface area contributed by atoms with Crippen LogP contribution in [0.3, 0.4) is 0 Å². The first-order valence-electron chi connectivity index (χ1n) is 5.15. The van der Waals surface area contributed by atoms with Crippen LogP contribution in [0.1, 0.15) is 16.1 Å². The molecule has 0 aliphatic carbocycles. The molecule has 2 aromatic rings. The molecule has 6 nitrogen and oxygen atoms in total. The summed E-state index contributed by atoms with van der Waals surface area (Å²) in [7, 11) is 1.33. The van der Waals surface area contributed by atoms with Crippen LogP contribution in [0, 0.1) is 15.9 Å². The molecule has 0 atom stereocenters. The highest BCUT2D eigenvalue weighted by Crippen LogP contribution is 2.25. The predicted octanol–water partition coefficient (Wildman–Crippen LogP) is 2.57. The number of carbonyl (C=O) groups is 1. The molecule has 0 fully saturated rings. The molecule has 0 aliphatic rings. The van der Waals surface area contributed by atoms with E-state index in [1.165, 1.54) is 13.2 Å². The molecule has 0 amide bonds. The lowest BCUT2D eigenvalue weighted by Crippen LogP contribution is -2.03. The van der Waals surface area contributed by atoms with Crippen molar-refractivity contribution in [1.82, 2.24) is 0 Å². The zero-order valence-electron chi connectivity index (χ0n) is 9.75. The average molecular weight is 265 g/mol. The van der Waals surface area contributed by atoms with Crippen molar-refractivity contribution in [2.24, 2.45) is 0 Å². The Bertz CT molecular complexity index is 649. The lowest BCUT2D eigenvalue weighted by atomic mass is 10.1. The Labute approximate surface area is 106 Å². The van der Waals surface area contributed by atoms with E-state index >= 15 is 0 Å². The zero-order valence-corrected chi connectivity index (χ0v) is 9.75. The molecule has 0 unspecified atom stereocenters. The van der Waals surface area contributed by atoms with Crippen molar-refractivity contribution in [3.8, 4) is 5.75 Å². The van der Waals surface area contributed by atoms with Crippen molar-refractivity contribution in [1.29, 1.82) is 0 Å². The van der Waals surface area contributed by atoms with Crippen molar-refractivity contribution in [3.05, 3.63) is 57.6 Å². The number of hydrogen-bond acceptors (Lipinski definition) is 5. The number of nitrogens with zero attached hydrogens (tertiary/aromatic N) is 1. The van der Waals surface area contributed by atoms with E-state index in [0.29, 0.717) is 0 Å². The number of ether oxygens (including phenoxy) is 1. The molecule has 98 valence electrons. The van der Waals surface area contributed by atoms with E-state index < -0.39 is 22.4 Å². The Morgan fingerprint density at radius 3 is 2.68 bits per heavy atom. The van der Waals surface area contributed by atoms with Crippen LogP contribution >= 0.6 is 0 Å². The Morgan fingerprint density at radius 1 is 1.37 bits per heavy atom. The summed E-state index contributed by atoms with van der Waals surface area (Å²) in [5.74, 6) is -1.96. The minimum atomic E-state index is -0.764. The number of nitro groups is 1. The van der Waals surface area contributed by atoms with Gasteiger partial charge in [0, 0.05) is 0 Å². The van der Waals surface area contributed by atoms with Gasteiger partial charge in [-0.3, -0.25) is 14.9 Å². The molecule has 0 N–H and O–H groups in total. The Balaban J connectivity index is 2.43. The van der Waals surface area contributed by atoms with E-state index in [2.05, 4.69) is 0 Å². The normalized spacial score (nSPS) is 10.2. The van der Waals surface area contributed by atoms with Gasteiger partial charge >= 0.3 is 5.88 Å². The second-order valence-corrected chi connectivity index (χ2v) is 3.57. The summed E-state index contributed by atoms with van der Waals surface area (Å²) in [4.78, 5) is 21.8. The highest BCUT2D eigenvalue weighted by molar-refractivity contribution is 6.09. The van der Waals surface area contributed by atoms with Gasteiger partial charge < -0.3 is 9.15 Å². The standard InChI is InChI=1S/C12H8FNO5/c1-18-9-3-2-7(13)6-8(9)12(15)10-4-5-11(19-10)14(16)17/h2-6H,1H3. The maximum atomic E-state index is 13.1. The number of hydrogen-bond donors (Lipinski definition) is 0. The third kappa shape index (κ3) is 2.44. The van der Waals surface area contributed by atoms with Crippen LogP contribution in [0.25, 0.3) is 0 Å². The number of benzene rings is 1. The lowest BCUT2D eigenvalue weighted by Gasteiger charge is -2.05. The number of carbonyl (C=O) groups excluding carboxylic acids is 1. The van der Waals surface area contributed by atoms with Crippen LogP contribution in [0.5, 0.6) is 5.75 Å².